The minimum atomic E-state index is -1.13. The van der Waals surface area contributed by atoms with E-state index in [0.29, 0.717) is 31.8 Å². The van der Waals surface area contributed by atoms with Gasteiger partial charge in [0.25, 0.3) is 0 Å². The number of aliphatic imine (C=N–C) groups is 1. The van der Waals surface area contributed by atoms with E-state index in [4.69, 9.17) is 10.8 Å². The number of alkyl halides is 1. The van der Waals surface area contributed by atoms with Crippen molar-refractivity contribution in [2.45, 2.75) is 31.5 Å². The maximum Gasteiger partial charge on any atom is 0.161 e. The van der Waals surface area contributed by atoms with Gasteiger partial charge in [0.05, 0.1) is 19.3 Å². The number of rotatable bonds is 6. The molecule has 0 aromatic carbocycles. The quantitative estimate of drug-likeness (QED) is 0.517. The molecule has 1 rings (SSSR count). The molecule has 0 aliphatic carbocycles. The van der Waals surface area contributed by atoms with E-state index in [-0.39, 0.29) is 13.0 Å². The van der Waals surface area contributed by atoms with E-state index in [1.165, 1.54) is 0 Å². The second-order valence-electron chi connectivity index (χ2n) is 4.05. The molecule has 1 heterocycles. The van der Waals surface area contributed by atoms with Crippen molar-refractivity contribution in [3.05, 3.63) is 11.8 Å². The van der Waals surface area contributed by atoms with Crippen LogP contribution in [0.15, 0.2) is 16.8 Å². The molecule has 0 fully saturated rings. The zero-order valence-corrected chi connectivity index (χ0v) is 9.77. The third kappa shape index (κ3) is 4.80. The highest BCUT2D eigenvalue weighted by Crippen LogP contribution is 2.19. The summed E-state index contributed by atoms with van der Waals surface area (Å²) >= 11 is 0. The fraction of sp³-hybridized carbons (Fsp3) is 0.727. The number of allylic oxidation sites excluding steroid dienone is 1. The fourth-order valence-corrected chi connectivity index (χ4v) is 1.60. The summed E-state index contributed by atoms with van der Waals surface area (Å²) in [5.74, 6) is 0.321. The van der Waals surface area contributed by atoms with E-state index in [1.807, 2.05) is 0 Å². The Labute approximate surface area is 100 Å². The van der Waals surface area contributed by atoms with E-state index in [0.717, 1.165) is 5.57 Å². The third-order valence-corrected chi connectivity index (χ3v) is 2.58. The zero-order valence-electron chi connectivity index (χ0n) is 9.77. The summed E-state index contributed by atoms with van der Waals surface area (Å²) in [5, 5.41) is 20.7. The molecular formula is C11H20FN3O2. The van der Waals surface area contributed by atoms with Crippen LogP contribution in [0.1, 0.15) is 19.3 Å². The van der Waals surface area contributed by atoms with E-state index >= 15 is 0 Å². The highest BCUT2D eigenvalue weighted by atomic mass is 19.1. The van der Waals surface area contributed by atoms with Gasteiger partial charge < -0.3 is 21.3 Å². The SMILES string of the molecule is NCCN=C1NC=C(CCC(O)CO)CC1F. The lowest BCUT2D eigenvalue weighted by Crippen LogP contribution is -2.34. The van der Waals surface area contributed by atoms with Crippen LogP contribution in [0.5, 0.6) is 0 Å². The normalized spacial score (nSPS) is 24.4. The van der Waals surface area contributed by atoms with E-state index < -0.39 is 12.3 Å². The molecule has 17 heavy (non-hydrogen) atoms. The predicted molar refractivity (Wildman–Crippen MR) is 64.4 cm³/mol. The molecule has 2 atom stereocenters. The summed E-state index contributed by atoms with van der Waals surface area (Å²) in [7, 11) is 0. The number of nitrogens with two attached hydrogens (primary N) is 1. The van der Waals surface area contributed by atoms with Crippen LogP contribution in [0.3, 0.4) is 0 Å². The van der Waals surface area contributed by atoms with E-state index in [9.17, 15) is 9.50 Å². The van der Waals surface area contributed by atoms with Crippen LogP contribution in [-0.2, 0) is 0 Å². The van der Waals surface area contributed by atoms with Crippen LogP contribution in [0.2, 0.25) is 0 Å². The fourth-order valence-electron chi connectivity index (χ4n) is 1.60. The number of hydrogen-bond donors (Lipinski definition) is 4. The second kappa shape index (κ2) is 7.37. The Morgan fingerprint density at radius 3 is 3.00 bits per heavy atom. The first-order chi connectivity index (χ1) is 8.17. The van der Waals surface area contributed by atoms with Crippen molar-refractivity contribution in [3.8, 4) is 0 Å². The molecule has 0 saturated heterocycles. The molecule has 1 aliphatic heterocycles. The van der Waals surface area contributed by atoms with Gasteiger partial charge in [-0.15, -0.1) is 0 Å². The highest BCUT2D eigenvalue weighted by Gasteiger charge is 2.20. The van der Waals surface area contributed by atoms with Gasteiger partial charge in [-0.1, -0.05) is 5.57 Å². The number of amidine groups is 1. The highest BCUT2D eigenvalue weighted by molar-refractivity contribution is 5.88. The van der Waals surface area contributed by atoms with Gasteiger partial charge in [0, 0.05) is 19.2 Å². The van der Waals surface area contributed by atoms with Gasteiger partial charge in [0.15, 0.2) is 6.17 Å². The van der Waals surface area contributed by atoms with Crippen LogP contribution in [0.25, 0.3) is 0 Å². The van der Waals surface area contributed by atoms with Gasteiger partial charge in [0.2, 0.25) is 0 Å². The van der Waals surface area contributed by atoms with Crippen molar-refractivity contribution < 1.29 is 14.6 Å². The van der Waals surface area contributed by atoms with Crippen LogP contribution in [0, 0.1) is 0 Å². The van der Waals surface area contributed by atoms with Gasteiger partial charge in [0.1, 0.15) is 5.84 Å². The molecule has 0 aromatic rings. The topological polar surface area (TPSA) is 90.9 Å². The van der Waals surface area contributed by atoms with Gasteiger partial charge in [-0.3, -0.25) is 4.99 Å². The monoisotopic (exact) mass is 245 g/mol. The second-order valence-corrected chi connectivity index (χ2v) is 4.05. The lowest BCUT2D eigenvalue weighted by atomic mass is 10.00. The number of nitrogens with zero attached hydrogens (tertiary/aromatic N) is 1. The third-order valence-electron chi connectivity index (χ3n) is 2.58. The smallest absolute Gasteiger partial charge is 0.161 e. The molecule has 0 radical (unpaired) electrons. The average Bonchev–Trinajstić information content (AvgIpc) is 2.34. The maximum atomic E-state index is 13.6. The van der Waals surface area contributed by atoms with Crippen molar-refractivity contribution in [3.63, 3.8) is 0 Å². The molecule has 2 unspecified atom stereocenters. The van der Waals surface area contributed by atoms with Crippen molar-refractivity contribution in [1.29, 1.82) is 0 Å². The van der Waals surface area contributed by atoms with Gasteiger partial charge >= 0.3 is 0 Å². The largest absolute Gasteiger partial charge is 0.394 e. The Hall–Kier alpha value is -0.980. The minimum Gasteiger partial charge on any atom is -0.394 e. The van der Waals surface area contributed by atoms with Crippen LogP contribution in [-0.4, -0.2) is 48.0 Å². The molecule has 5 nitrogen and oxygen atoms in total. The summed E-state index contributed by atoms with van der Waals surface area (Å²) in [5.41, 5.74) is 6.18. The number of aliphatic hydroxyl groups excluding tert-OH is 2. The summed E-state index contributed by atoms with van der Waals surface area (Å²) in [6, 6.07) is 0. The number of halogens is 1. The van der Waals surface area contributed by atoms with Gasteiger partial charge in [-0.05, 0) is 12.8 Å². The molecule has 98 valence electrons. The number of aliphatic hydroxyl groups is 2. The molecule has 0 amide bonds. The van der Waals surface area contributed by atoms with Crippen LogP contribution < -0.4 is 11.1 Å². The Balaban J connectivity index is 2.43. The Morgan fingerprint density at radius 1 is 1.65 bits per heavy atom. The first-order valence-electron chi connectivity index (χ1n) is 5.79. The average molecular weight is 245 g/mol. The lowest BCUT2D eigenvalue weighted by Gasteiger charge is -2.20. The molecular weight excluding hydrogens is 225 g/mol. The predicted octanol–water partition coefficient (Wildman–Crippen LogP) is -0.308. The molecule has 1 aliphatic rings. The lowest BCUT2D eigenvalue weighted by molar-refractivity contribution is 0.0882. The van der Waals surface area contributed by atoms with Crippen molar-refractivity contribution in [2.75, 3.05) is 19.7 Å². The Bertz CT molecular complexity index is 294. The standard InChI is InChI=1S/C11H20FN3O2/c12-10-5-8(1-2-9(17)7-16)6-15-11(10)14-4-3-13/h6,9-10,16-17H,1-5,7,13H2,(H,14,15). The van der Waals surface area contributed by atoms with Crippen molar-refractivity contribution in [1.82, 2.24) is 5.32 Å². The maximum absolute atomic E-state index is 13.6. The van der Waals surface area contributed by atoms with Crippen molar-refractivity contribution >= 4 is 5.84 Å². The zero-order chi connectivity index (χ0) is 12.7. The molecule has 5 N–H and O–H groups in total. The molecule has 6 heteroatoms. The van der Waals surface area contributed by atoms with Crippen molar-refractivity contribution in [2.24, 2.45) is 10.7 Å². The van der Waals surface area contributed by atoms with E-state index in [1.54, 1.807) is 6.20 Å². The van der Waals surface area contributed by atoms with E-state index in [2.05, 4.69) is 10.3 Å². The van der Waals surface area contributed by atoms with Gasteiger partial charge in [-0.25, -0.2) is 4.39 Å². The number of nitrogens with one attached hydrogen (secondary N) is 1. The Kier molecular flexibility index (Phi) is 6.10. The first kappa shape index (κ1) is 14.1. The molecule has 0 aromatic heterocycles. The van der Waals surface area contributed by atoms with Crippen LogP contribution >= 0.6 is 0 Å². The molecule has 0 spiro atoms. The summed E-state index contributed by atoms with van der Waals surface area (Å²) in [6.45, 7) is 0.551. The first-order valence-corrected chi connectivity index (χ1v) is 5.79. The van der Waals surface area contributed by atoms with Gasteiger partial charge in [-0.2, -0.15) is 0 Å². The summed E-state index contributed by atoms with van der Waals surface area (Å²) < 4.78 is 13.6. The van der Waals surface area contributed by atoms with Crippen LogP contribution in [0.4, 0.5) is 4.39 Å². The molecule has 0 saturated carbocycles. The number of hydrogen-bond acceptors (Lipinski definition) is 4. The summed E-state index contributed by atoms with van der Waals surface area (Å²) in [4.78, 5) is 4.00. The molecule has 0 bridgehead atoms. The minimum absolute atomic E-state index is 0.261. The summed E-state index contributed by atoms with van der Waals surface area (Å²) in [6.07, 6.45) is 1.14. The Morgan fingerprint density at radius 2 is 2.41 bits per heavy atom.